The summed E-state index contributed by atoms with van der Waals surface area (Å²) in [6.45, 7) is 5.36. The van der Waals surface area contributed by atoms with Crippen LogP contribution in [0.4, 0.5) is 0 Å². The summed E-state index contributed by atoms with van der Waals surface area (Å²) in [5.74, 6) is 0.644. The Morgan fingerprint density at radius 2 is 2.11 bits per heavy atom. The molecule has 0 aliphatic carbocycles. The van der Waals surface area contributed by atoms with Crippen LogP contribution in [-0.4, -0.2) is 42.9 Å². The Hall–Kier alpha value is -1.57. The topological polar surface area (TPSA) is 56.5 Å². The molecule has 0 atom stereocenters. The minimum atomic E-state index is 0.186. The fourth-order valence-corrected chi connectivity index (χ4v) is 1.72. The van der Waals surface area contributed by atoms with Crippen molar-refractivity contribution in [2.45, 2.75) is 13.3 Å². The lowest BCUT2D eigenvalue weighted by molar-refractivity contribution is 0.189. The predicted molar refractivity (Wildman–Crippen MR) is 70.5 cm³/mol. The SMILES string of the molecule is CCN(CCO)CCCOc1ccccc1C#N. The molecule has 0 amide bonds. The van der Waals surface area contributed by atoms with Crippen molar-refractivity contribution in [3.8, 4) is 11.8 Å². The van der Waals surface area contributed by atoms with Crippen LogP contribution in [0.15, 0.2) is 24.3 Å². The number of hydrogen-bond donors (Lipinski definition) is 1. The number of likely N-dealkylation sites (N-methyl/N-ethyl adjacent to an activating group) is 1. The van der Waals surface area contributed by atoms with Crippen LogP contribution in [0.5, 0.6) is 5.75 Å². The van der Waals surface area contributed by atoms with Gasteiger partial charge in [0.15, 0.2) is 0 Å². The Morgan fingerprint density at radius 3 is 2.78 bits per heavy atom. The maximum atomic E-state index is 8.91. The van der Waals surface area contributed by atoms with E-state index in [9.17, 15) is 0 Å². The van der Waals surface area contributed by atoms with Gasteiger partial charge in [-0.3, -0.25) is 0 Å². The zero-order chi connectivity index (χ0) is 13.2. The van der Waals surface area contributed by atoms with Crippen molar-refractivity contribution in [2.24, 2.45) is 0 Å². The van der Waals surface area contributed by atoms with Crippen LogP contribution in [0.25, 0.3) is 0 Å². The van der Waals surface area contributed by atoms with Gasteiger partial charge in [0.1, 0.15) is 11.8 Å². The van der Waals surface area contributed by atoms with Crippen molar-refractivity contribution in [1.29, 1.82) is 5.26 Å². The number of para-hydroxylation sites is 1. The molecule has 1 aromatic rings. The number of nitrogens with zero attached hydrogens (tertiary/aromatic N) is 2. The minimum absolute atomic E-state index is 0.186. The zero-order valence-corrected chi connectivity index (χ0v) is 10.8. The van der Waals surface area contributed by atoms with Gasteiger partial charge in [-0.25, -0.2) is 0 Å². The van der Waals surface area contributed by atoms with E-state index in [4.69, 9.17) is 15.1 Å². The van der Waals surface area contributed by atoms with Crippen molar-refractivity contribution in [3.63, 3.8) is 0 Å². The molecule has 18 heavy (non-hydrogen) atoms. The van der Waals surface area contributed by atoms with E-state index >= 15 is 0 Å². The Kier molecular flexibility index (Phi) is 6.85. The number of rotatable bonds is 8. The normalized spacial score (nSPS) is 10.3. The molecule has 4 heteroatoms. The average Bonchev–Trinajstić information content (AvgIpc) is 2.42. The first kappa shape index (κ1) is 14.5. The zero-order valence-electron chi connectivity index (χ0n) is 10.8. The smallest absolute Gasteiger partial charge is 0.137 e. The highest BCUT2D eigenvalue weighted by Crippen LogP contribution is 2.16. The molecule has 1 N–H and O–H groups in total. The summed E-state index contributed by atoms with van der Waals surface area (Å²) < 4.78 is 5.59. The van der Waals surface area contributed by atoms with Crippen LogP contribution < -0.4 is 4.74 Å². The molecular formula is C14H20N2O2. The van der Waals surface area contributed by atoms with Gasteiger partial charge in [-0.1, -0.05) is 19.1 Å². The maximum Gasteiger partial charge on any atom is 0.137 e. The quantitative estimate of drug-likeness (QED) is 0.711. The van der Waals surface area contributed by atoms with Crippen molar-refractivity contribution in [3.05, 3.63) is 29.8 Å². The summed E-state index contributed by atoms with van der Waals surface area (Å²) in [4.78, 5) is 2.17. The Bertz CT molecular complexity index is 388. The summed E-state index contributed by atoms with van der Waals surface area (Å²) in [5.41, 5.74) is 0.570. The molecule has 0 aromatic heterocycles. The van der Waals surface area contributed by atoms with Gasteiger partial charge in [0.25, 0.3) is 0 Å². The molecule has 0 fully saturated rings. The molecule has 4 nitrogen and oxygen atoms in total. The van der Waals surface area contributed by atoms with Crippen LogP contribution in [-0.2, 0) is 0 Å². The Morgan fingerprint density at radius 1 is 1.33 bits per heavy atom. The molecule has 0 aliphatic heterocycles. The number of benzene rings is 1. The van der Waals surface area contributed by atoms with Crippen LogP contribution in [0.2, 0.25) is 0 Å². The summed E-state index contributed by atoms with van der Waals surface area (Å²) in [7, 11) is 0. The third-order valence-corrected chi connectivity index (χ3v) is 2.75. The Labute approximate surface area is 108 Å². The minimum Gasteiger partial charge on any atom is -0.492 e. The number of aliphatic hydroxyl groups is 1. The first-order chi connectivity index (χ1) is 8.81. The highest BCUT2D eigenvalue weighted by Gasteiger charge is 2.03. The number of aliphatic hydroxyl groups excluding tert-OH is 1. The van der Waals surface area contributed by atoms with E-state index in [2.05, 4.69) is 17.9 Å². The number of ether oxygens (including phenoxy) is 1. The molecule has 0 saturated carbocycles. The van der Waals surface area contributed by atoms with E-state index in [1.165, 1.54) is 0 Å². The Balaban J connectivity index is 2.31. The molecule has 1 aromatic carbocycles. The van der Waals surface area contributed by atoms with Gasteiger partial charge in [-0.15, -0.1) is 0 Å². The standard InChI is InChI=1S/C14H20N2O2/c1-2-16(9-10-17)8-5-11-18-14-7-4-3-6-13(14)12-15/h3-4,6-7,17H,2,5,8-11H2,1H3. The van der Waals surface area contributed by atoms with Gasteiger partial charge in [0.2, 0.25) is 0 Å². The van der Waals surface area contributed by atoms with Crippen LogP contribution in [0.3, 0.4) is 0 Å². The van der Waals surface area contributed by atoms with E-state index in [0.29, 0.717) is 24.5 Å². The first-order valence-electron chi connectivity index (χ1n) is 6.27. The van der Waals surface area contributed by atoms with Crippen LogP contribution >= 0.6 is 0 Å². The second-order valence-corrected chi connectivity index (χ2v) is 3.97. The molecule has 0 bridgehead atoms. The van der Waals surface area contributed by atoms with Crippen molar-refractivity contribution >= 4 is 0 Å². The molecule has 1 rings (SSSR count). The molecule has 0 unspecified atom stereocenters. The van der Waals surface area contributed by atoms with E-state index in [1.807, 2.05) is 18.2 Å². The van der Waals surface area contributed by atoms with Gasteiger partial charge in [-0.05, 0) is 25.1 Å². The van der Waals surface area contributed by atoms with E-state index in [0.717, 1.165) is 19.5 Å². The van der Waals surface area contributed by atoms with Crippen LogP contribution in [0.1, 0.15) is 18.9 Å². The van der Waals surface area contributed by atoms with E-state index < -0.39 is 0 Å². The lowest BCUT2D eigenvalue weighted by Crippen LogP contribution is -2.28. The molecule has 98 valence electrons. The molecule has 0 heterocycles. The summed E-state index contributed by atoms with van der Waals surface area (Å²) >= 11 is 0. The van der Waals surface area contributed by atoms with Gasteiger partial charge in [0, 0.05) is 13.1 Å². The maximum absolute atomic E-state index is 8.91. The average molecular weight is 248 g/mol. The monoisotopic (exact) mass is 248 g/mol. The number of hydrogen-bond acceptors (Lipinski definition) is 4. The first-order valence-corrected chi connectivity index (χ1v) is 6.27. The third kappa shape index (κ3) is 4.74. The van der Waals surface area contributed by atoms with Crippen molar-refractivity contribution in [1.82, 2.24) is 4.90 Å². The lowest BCUT2D eigenvalue weighted by Gasteiger charge is -2.18. The predicted octanol–water partition coefficient (Wildman–Crippen LogP) is 1.64. The molecule has 0 spiro atoms. The van der Waals surface area contributed by atoms with Crippen molar-refractivity contribution in [2.75, 3.05) is 32.8 Å². The second kappa shape index (κ2) is 8.51. The summed E-state index contributed by atoms with van der Waals surface area (Å²) in [6, 6.07) is 9.35. The summed E-state index contributed by atoms with van der Waals surface area (Å²) in [5, 5.41) is 17.8. The highest BCUT2D eigenvalue weighted by atomic mass is 16.5. The number of nitriles is 1. The molecule has 0 saturated heterocycles. The van der Waals surface area contributed by atoms with Crippen LogP contribution in [0, 0.1) is 11.3 Å². The molecule has 0 radical (unpaired) electrons. The van der Waals surface area contributed by atoms with Crippen molar-refractivity contribution < 1.29 is 9.84 Å². The third-order valence-electron chi connectivity index (χ3n) is 2.75. The lowest BCUT2D eigenvalue weighted by atomic mass is 10.2. The largest absolute Gasteiger partial charge is 0.492 e. The second-order valence-electron chi connectivity index (χ2n) is 3.97. The fourth-order valence-electron chi connectivity index (χ4n) is 1.72. The van der Waals surface area contributed by atoms with Gasteiger partial charge in [-0.2, -0.15) is 5.26 Å². The van der Waals surface area contributed by atoms with Gasteiger partial charge in [0.05, 0.1) is 18.8 Å². The van der Waals surface area contributed by atoms with Gasteiger partial charge >= 0.3 is 0 Å². The van der Waals surface area contributed by atoms with E-state index in [-0.39, 0.29) is 6.61 Å². The summed E-state index contributed by atoms with van der Waals surface area (Å²) in [6.07, 6.45) is 0.883. The van der Waals surface area contributed by atoms with E-state index in [1.54, 1.807) is 6.07 Å². The fraction of sp³-hybridized carbons (Fsp3) is 0.500. The highest BCUT2D eigenvalue weighted by molar-refractivity contribution is 5.42. The molecule has 0 aliphatic rings. The molecular weight excluding hydrogens is 228 g/mol. The van der Waals surface area contributed by atoms with Gasteiger partial charge < -0.3 is 14.7 Å².